The largest absolute Gasteiger partial charge is 0.496 e. The van der Waals surface area contributed by atoms with Gasteiger partial charge < -0.3 is 19.1 Å². The van der Waals surface area contributed by atoms with E-state index in [1.807, 2.05) is 24.3 Å². The average Bonchev–Trinajstić information content (AvgIpc) is 3.09. The van der Waals surface area contributed by atoms with E-state index in [-0.39, 0.29) is 23.7 Å². The van der Waals surface area contributed by atoms with Crippen molar-refractivity contribution in [2.24, 2.45) is 0 Å². The lowest BCUT2D eigenvalue weighted by atomic mass is 9.91. The second-order valence-electron chi connectivity index (χ2n) is 7.49. The molecular weight excluding hydrogens is 418 g/mol. The first-order chi connectivity index (χ1) is 15.6. The smallest absolute Gasteiger partial charge is 0.265 e. The van der Waals surface area contributed by atoms with Crippen LogP contribution in [0.25, 0.3) is 0 Å². The zero-order valence-electron chi connectivity index (χ0n) is 17.3. The molecule has 0 fully saturated rings. The average molecular weight is 438 g/mol. The number of rotatable bonds is 5. The molecule has 6 nitrogen and oxygen atoms in total. The van der Waals surface area contributed by atoms with Crippen molar-refractivity contribution in [1.82, 2.24) is 4.98 Å². The highest BCUT2D eigenvalue weighted by Crippen LogP contribution is 2.48. The van der Waals surface area contributed by atoms with Crippen LogP contribution in [0, 0.1) is 0 Å². The van der Waals surface area contributed by atoms with Crippen molar-refractivity contribution in [2.45, 2.75) is 18.9 Å². The monoisotopic (exact) mass is 438 g/mol. The standard InChI is InChI=1S/C24H20F2N2O4/c1-30-19-12-21-20(31-9-10-32-21)11-16(19)22-15-5-2-3-7-18(15)28(24(22)29)13-17-14(23(25)26)6-4-8-27-17/h2-8,11-12,22-23H,9-10,13H2,1H3. The molecule has 0 bridgehead atoms. The second kappa shape index (κ2) is 8.11. The van der Waals surface area contributed by atoms with Crippen LogP contribution in [-0.2, 0) is 11.3 Å². The number of methoxy groups -OCH3 is 1. The molecule has 1 unspecified atom stereocenters. The number of hydrogen-bond acceptors (Lipinski definition) is 5. The zero-order chi connectivity index (χ0) is 22.2. The molecule has 3 aromatic rings. The van der Waals surface area contributed by atoms with Gasteiger partial charge >= 0.3 is 0 Å². The van der Waals surface area contributed by atoms with Crippen molar-refractivity contribution in [3.05, 3.63) is 77.1 Å². The lowest BCUT2D eigenvalue weighted by Gasteiger charge is -2.23. The van der Waals surface area contributed by atoms with Crippen LogP contribution >= 0.6 is 0 Å². The van der Waals surface area contributed by atoms with E-state index in [1.54, 1.807) is 12.1 Å². The Balaban J connectivity index is 1.59. The minimum absolute atomic E-state index is 0.0558. The third-order valence-electron chi connectivity index (χ3n) is 5.73. The summed E-state index contributed by atoms with van der Waals surface area (Å²) in [5.74, 6) is 0.682. The van der Waals surface area contributed by atoms with E-state index in [4.69, 9.17) is 14.2 Å². The molecule has 2 aliphatic heterocycles. The van der Waals surface area contributed by atoms with Crippen molar-refractivity contribution < 1.29 is 27.8 Å². The Morgan fingerprint density at radius 2 is 1.84 bits per heavy atom. The summed E-state index contributed by atoms with van der Waals surface area (Å²) in [7, 11) is 1.53. The van der Waals surface area contributed by atoms with Crippen LogP contribution in [0.2, 0.25) is 0 Å². The topological polar surface area (TPSA) is 60.9 Å². The highest BCUT2D eigenvalue weighted by Gasteiger charge is 2.40. The molecule has 2 aromatic carbocycles. The van der Waals surface area contributed by atoms with Crippen LogP contribution < -0.4 is 19.1 Å². The molecule has 164 valence electrons. The fraction of sp³-hybridized carbons (Fsp3) is 0.250. The molecule has 8 heteroatoms. The molecule has 0 N–H and O–H groups in total. The van der Waals surface area contributed by atoms with Crippen LogP contribution in [0.4, 0.5) is 14.5 Å². The summed E-state index contributed by atoms with van der Waals surface area (Å²) in [5, 5.41) is 0. The molecule has 1 aromatic heterocycles. The molecule has 5 rings (SSSR count). The van der Waals surface area contributed by atoms with Crippen LogP contribution in [0.15, 0.2) is 54.7 Å². The number of pyridine rings is 1. The summed E-state index contributed by atoms with van der Waals surface area (Å²) >= 11 is 0. The van der Waals surface area contributed by atoms with Gasteiger partial charge in [0.2, 0.25) is 5.91 Å². The highest BCUT2D eigenvalue weighted by atomic mass is 19.3. The van der Waals surface area contributed by atoms with Gasteiger partial charge in [-0.15, -0.1) is 0 Å². The summed E-state index contributed by atoms with van der Waals surface area (Å²) in [5.41, 5.74) is 2.04. The number of nitrogens with zero attached hydrogens (tertiary/aromatic N) is 2. The number of para-hydroxylation sites is 1. The van der Waals surface area contributed by atoms with Gasteiger partial charge in [-0.25, -0.2) is 8.78 Å². The van der Waals surface area contributed by atoms with Gasteiger partial charge in [0.25, 0.3) is 6.43 Å². The van der Waals surface area contributed by atoms with Gasteiger partial charge in [-0.2, -0.15) is 0 Å². The van der Waals surface area contributed by atoms with E-state index < -0.39 is 12.3 Å². The fourth-order valence-electron chi connectivity index (χ4n) is 4.27. The zero-order valence-corrected chi connectivity index (χ0v) is 17.3. The van der Waals surface area contributed by atoms with Gasteiger partial charge in [-0.3, -0.25) is 9.78 Å². The van der Waals surface area contributed by atoms with Crippen molar-refractivity contribution in [3.8, 4) is 17.2 Å². The third-order valence-corrected chi connectivity index (χ3v) is 5.73. The summed E-state index contributed by atoms with van der Waals surface area (Å²) in [4.78, 5) is 19.3. The molecule has 1 amide bonds. The van der Waals surface area contributed by atoms with E-state index in [1.165, 1.54) is 30.3 Å². The van der Waals surface area contributed by atoms with Gasteiger partial charge in [0, 0.05) is 29.1 Å². The predicted octanol–water partition coefficient (Wildman–Crippen LogP) is 4.48. The van der Waals surface area contributed by atoms with E-state index in [9.17, 15) is 13.6 Å². The maximum atomic E-state index is 13.7. The Bertz CT molecular complexity index is 1180. The predicted molar refractivity (Wildman–Crippen MR) is 113 cm³/mol. The summed E-state index contributed by atoms with van der Waals surface area (Å²) < 4.78 is 43.9. The quantitative estimate of drug-likeness (QED) is 0.588. The maximum Gasteiger partial charge on any atom is 0.265 e. The first kappa shape index (κ1) is 20.2. The molecule has 0 spiro atoms. The van der Waals surface area contributed by atoms with Crippen LogP contribution in [0.3, 0.4) is 0 Å². The number of benzene rings is 2. The normalized spacial score (nSPS) is 16.9. The minimum Gasteiger partial charge on any atom is -0.496 e. The molecule has 0 saturated carbocycles. The van der Waals surface area contributed by atoms with E-state index >= 15 is 0 Å². The Kier molecular flexibility index (Phi) is 5.13. The molecule has 32 heavy (non-hydrogen) atoms. The number of halogens is 2. The number of anilines is 1. The Morgan fingerprint density at radius 3 is 2.59 bits per heavy atom. The Morgan fingerprint density at radius 1 is 1.09 bits per heavy atom. The summed E-state index contributed by atoms with van der Waals surface area (Å²) in [6, 6.07) is 13.6. The number of hydrogen-bond donors (Lipinski definition) is 0. The van der Waals surface area contributed by atoms with E-state index in [0.29, 0.717) is 41.7 Å². The number of ether oxygens (including phenoxy) is 3. The number of aromatic nitrogens is 1. The van der Waals surface area contributed by atoms with Gasteiger partial charge in [0.15, 0.2) is 11.5 Å². The highest BCUT2D eigenvalue weighted by molar-refractivity contribution is 6.07. The van der Waals surface area contributed by atoms with Gasteiger partial charge in [-0.05, 0) is 29.8 Å². The number of carbonyl (C=O) groups excluding carboxylic acids is 1. The number of amides is 1. The lowest BCUT2D eigenvalue weighted by Crippen LogP contribution is -2.29. The maximum absolute atomic E-state index is 13.7. The second-order valence-corrected chi connectivity index (χ2v) is 7.49. The number of carbonyl (C=O) groups is 1. The molecule has 2 aliphatic rings. The first-order valence-corrected chi connectivity index (χ1v) is 10.2. The molecule has 3 heterocycles. The molecule has 0 saturated heterocycles. The molecule has 0 aliphatic carbocycles. The minimum atomic E-state index is -2.68. The van der Waals surface area contributed by atoms with Gasteiger partial charge in [-0.1, -0.05) is 18.2 Å². The first-order valence-electron chi connectivity index (χ1n) is 10.2. The van der Waals surface area contributed by atoms with Crippen LogP contribution in [0.5, 0.6) is 17.2 Å². The van der Waals surface area contributed by atoms with Crippen molar-refractivity contribution in [3.63, 3.8) is 0 Å². The molecular formula is C24H20F2N2O4. The van der Waals surface area contributed by atoms with E-state index in [2.05, 4.69) is 4.98 Å². The third kappa shape index (κ3) is 3.32. The van der Waals surface area contributed by atoms with Crippen LogP contribution in [0.1, 0.15) is 34.7 Å². The lowest BCUT2D eigenvalue weighted by molar-refractivity contribution is -0.118. The summed E-state index contributed by atoms with van der Waals surface area (Å²) in [6.07, 6.45) is -1.23. The number of fused-ring (bicyclic) bond motifs is 2. The van der Waals surface area contributed by atoms with Gasteiger partial charge in [0.1, 0.15) is 19.0 Å². The van der Waals surface area contributed by atoms with Crippen molar-refractivity contribution in [1.29, 1.82) is 0 Å². The SMILES string of the molecule is COc1cc2c(cc1C1C(=O)N(Cc3ncccc3C(F)F)c3ccccc31)OCCO2. The molecule has 0 radical (unpaired) electrons. The van der Waals surface area contributed by atoms with Crippen molar-refractivity contribution in [2.75, 3.05) is 25.2 Å². The van der Waals surface area contributed by atoms with Crippen molar-refractivity contribution >= 4 is 11.6 Å². The molecule has 1 atom stereocenters. The Hall–Kier alpha value is -3.68. The van der Waals surface area contributed by atoms with Gasteiger partial charge in [0.05, 0.1) is 25.3 Å². The fourth-order valence-corrected chi connectivity index (χ4v) is 4.27. The van der Waals surface area contributed by atoms with Crippen LogP contribution in [-0.4, -0.2) is 31.2 Å². The summed E-state index contributed by atoms with van der Waals surface area (Å²) in [6.45, 7) is 0.793. The number of alkyl halides is 2. The Labute approximate surface area is 183 Å². The van der Waals surface area contributed by atoms with E-state index in [0.717, 1.165) is 5.56 Å².